The van der Waals surface area contributed by atoms with E-state index in [1.165, 1.54) is 16.0 Å². The molecular weight excluding hydrogens is 218 g/mol. The van der Waals surface area contributed by atoms with Crippen LogP contribution in [0, 0.1) is 6.92 Å². The lowest BCUT2D eigenvalue weighted by Gasteiger charge is -2.06. The number of benzene rings is 1. The van der Waals surface area contributed by atoms with Crippen LogP contribution in [-0.2, 0) is 12.3 Å². The van der Waals surface area contributed by atoms with Gasteiger partial charge in [-0.05, 0) is 36.2 Å². The van der Waals surface area contributed by atoms with E-state index >= 15 is 0 Å². The molecule has 0 saturated carbocycles. The normalized spacial score (nSPS) is 10.6. The highest BCUT2D eigenvalue weighted by Crippen LogP contribution is 2.26. The zero-order valence-electron chi connectivity index (χ0n) is 9.27. The third-order valence-corrected chi connectivity index (χ3v) is 3.62. The van der Waals surface area contributed by atoms with Crippen molar-refractivity contribution in [2.24, 2.45) is 5.73 Å². The molecule has 84 valence electrons. The van der Waals surface area contributed by atoms with Crippen LogP contribution in [0.4, 0.5) is 0 Å². The molecule has 2 nitrogen and oxygen atoms in total. The second kappa shape index (κ2) is 5.23. The molecular formula is C13H15NOS. The predicted octanol–water partition coefficient (Wildman–Crippen LogP) is 3.34. The van der Waals surface area contributed by atoms with Crippen molar-refractivity contribution in [3.63, 3.8) is 0 Å². The Morgan fingerprint density at radius 1 is 1.31 bits per heavy atom. The third-order valence-electron chi connectivity index (χ3n) is 2.43. The number of hydrogen-bond acceptors (Lipinski definition) is 3. The van der Waals surface area contributed by atoms with E-state index < -0.39 is 0 Å². The van der Waals surface area contributed by atoms with Crippen molar-refractivity contribution >= 4 is 11.8 Å². The van der Waals surface area contributed by atoms with E-state index in [9.17, 15) is 0 Å². The molecule has 0 amide bonds. The molecule has 2 aromatic rings. The highest BCUT2D eigenvalue weighted by molar-refractivity contribution is 7.98. The Morgan fingerprint density at radius 3 is 2.81 bits per heavy atom. The van der Waals surface area contributed by atoms with Gasteiger partial charge in [-0.2, -0.15) is 0 Å². The summed E-state index contributed by atoms with van der Waals surface area (Å²) in [5.74, 6) is 1.88. The van der Waals surface area contributed by atoms with Crippen LogP contribution in [0.25, 0.3) is 0 Å². The van der Waals surface area contributed by atoms with Crippen molar-refractivity contribution in [3.8, 4) is 0 Å². The molecule has 0 aliphatic rings. The van der Waals surface area contributed by atoms with Crippen LogP contribution < -0.4 is 5.73 Å². The molecule has 0 fully saturated rings. The van der Waals surface area contributed by atoms with E-state index in [0.717, 1.165) is 11.5 Å². The van der Waals surface area contributed by atoms with Gasteiger partial charge in [0.2, 0.25) is 0 Å². The second-order valence-electron chi connectivity index (χ2n) is 3.67. The summed E-state index contributed by atoms with van der Waals surface area (Å²) in [6.07, 6.45) is 1.71. The molecule has 0 aliphatic carbocycles. The van der Waals surface area contributed by atoms with Gasteiger partial charge in [-0.1, -0.05) is 12.1 Å². The van der Waals surface area contributed by atoms with Gasteiger partial charge >= 0.3 is 0 Å². The quantitative estimate of drug-likeness (QED) is 0.823. The molecule has 0 atom stereocenters. The highest BCUT2D eigenvalue weighted by Gasteiger charge is 2.02. The number of furan rings is 1. The molecule has 0 bridgehead atoms. The van der Waals surface area contributed by atoms with Gasteiger partial charge in [0.05, 0.1) is 12.0 Å². The maximum absolute atomic E-state index is 5.60. The Kier molecular flexibility index (Phi) is 3.70. The van der Waals surface area contributed by atoms with Gasteiger partial charge < -0.3 is 10.2 Å². The van der Waals surface area contributed by atoms with Crippen molar-refractivity contribution in [1.29, 1.82) is 0 Å². The number of aryl methyl sites for hydroxylation is 1. The van der Waals surface area contributed by atoms with E-state index in [2.05, 4.69) is 25.1 Å². The summed E-state index contributed by atoms with van der Waals surface area (Å²) in [5.41, 5.74) is 8.06. The molecule has 3 heteroatoms. The molecule has 2 N–H and O–H groups in total. The van der Waals surface area contributed by atoms with E-state index in [4.69, 9.17) is 10.2 Å². The van der Waals surface area contributed by atoms with E-state index in [-0.39, 0.29) is 0 Å². The average Bonchev–Trinajstić information content (AvgIpc) is 2.80. The van der Waals surface area contributed by atoms with Gasteiger partial charge in [0.15, 0.2) is 0 Å². The molecule has 0 aliphatic heterocycles. The fraction of sp³-hybridized carbons (Fsp3) is 0.231. The summed E-state index contributed by atoms with van der Waals surface area (Å²) in [5, 5.41) is 0. The molecule has 16 heavy (non-hydrogen) atoms. The first kappa shape index (κ1) is 11.3. The molecule has 0 saturated heterocycles. The van der Waals surface area contributed by atoms with Gasteiger partial charge in [0, 0.05) is 11.4 Å². The molecule has 1 aromatic carbocycles. The summed E-state index contributed by atoms with van der Waals surface area (Å²) in [6.45, 7) is 2.72. The van der Waals surface area contributed by atoms with Crippen LogP contribution in [0.3, 0.4) is 0 Å². The van der Waals surface area contributed by atoms with Crippen LogP contribution >= 0.6 is 11.8 Å². The SMILES string of the molecule is Cc1cc(CN)ccc1SCc1ccco1. The molecule has 0 unspecified atom stereocenters. The minimum Gasteiger partial charge on any atom is -0.468 e. The van der Waals surface area contributed by atoms with Gasteiger partial charge in [-0.25, -0.2) is 0 Å². The summed E-state index contributed by atoms with van der Waals surface area (Å²) in [4.78, 5) is 1.29. The van der Waals surface area contributed by atoms with Crippen molar-refractivity contribution < 1.29 is 4.42 Å². The van der Waals surface area contributed by atoms with Crippen LogP contribution in [0.5, 0.6) is 0 Å². The van der Waals surface area contributed by atoms with Gasteiger partial charge in [0.25, 0.3) is 0 Å². The van der Waals surface area contributed by atoms with Gasteiger partial charge in [-0.15, -0.1) is 11.8 Å². The second-order valence-corrected chi connectivity index (χ2v) is 4.69. The Labute approximate surface area is 99.8 Å². The predicted molar refractivity (Wildman–Crippen MR) is 67.3 cm³/mol. The minimum absolute atomic E-state index is 0.601. The van der Waals surface area contributed by atoms with Crippen molar-refractivity contribution in [2.45, 2.75) is 24.1 Å². The first-order valence-corrected chi connectivity index (χ1v) is 6.23. The number of rotatable bonds is 4. The average molecular weight is 233 g/mol. The Balaban J connectivity index is 2.04. The summed E-state index contributed by atoms with van der Waals surface area (Å²) >= 11 is 1.79. The fourth-order valence-electron chi connectivity index (χ4n) is 1.54. The smallest absolute Gasteiger partial charge is 0.113 e. The first-order chi connectivity index (χ1) is 7.79. The van der Waals surface area contributed by atoms with Crippen LogP contribution in [0.2, 0.25) is 0 Å². The molecule has 1 heterocycles. The maximum atomic E-state index is 5.60. The maximum Gasteiger partial charge on any atom is 0.113 e. The van der Waals surface area contributed by atoms with Crippen LogP contribution in [-0.4, -0.2) is 0 Å². The van der Waals surface area contributed by atoms with Crippen LogP contribution in [0.1, 0.15) is 16.9 Å². The molecule has 1 aromatic heterocycles. The van der Waals surface area contributed by atoms with E-state index in [1.807, 2.05) is 12.1 Å². The largest absolute Gasteiger partial charge is 0.468 e. The monoisotopic (exact) mass is 233 g/mol. The molecule has 2 rings (SSSR count). The Bertz CT molecular complexity index is 451. The Hall–Kier alpha value is -1.19. The van der Waals surface area contributed by atoms with Crippen molar-refractivity contribution in [2.75, 3.05) is 0 Å². The summed E-state index contributed by atoms with van der Waals surface area (Å²) in [7, 11) is 0. The van der Waals surface area contributed by atoms with Crippen molar-refractivity contribution in [3.05, 3.63) is 53.5 Å². The summed E-state index contributed by atoms with van der Waals surface area (Å²) < 4.78 is 5.30. The summed E-state index contributed by atoms with van der Waals surface area (Å²) in [6, 6.07) is 10.3. The fourth-order valence-corrected chi connectivity index (χ4v) is 2.46. The van der Waals surface area contributed by atoms with Gasteiger partial charge in [0.1, 0.15) is 5.76 Å². The van der Waals surface area contributed by atoms with Crippen molar-refractivity contribution in [1.82, 2.24) is 0 Å². The zero-order valence-corrected chi connectivity index (χ0v) is 10.1. The Morgan fingerprint density at radius 2 is 2.19 bits per heavy atom. The van der Waals surface area contributed by atoms with E-state index in [1.54, 1.807) is 18.0 Å². The molecule has 0 radical (unpaired) electrons. The third kappa shape index (κ3) is 2.68. The number of thioether (sulfide) groups is 1. The topological polar surface area (TPSA) is 39.2 Å². The van der Waals surface area contributed by atoms with Gasteiger partial charge in [-0.3, -0.25) is 0 Å². The lowest BCUT2D eigenvalue weighted by atomic mass is 10.1. The zero-order chi connectivity index (χ0) is 11.4. The van der Waals surface area contributed by atoms with Crippen LogP contribution in [0.15, 0.2) is 45.9 Å². The number of hydrogen-bond donors (Lipinski definition) is 1. The minimum atomic E-state index is 0.601. The standard InChI is InChI=1S/C13H15NOS/c1-10-7-11(8-14)4-5-13(10)16-9-12-3-2-6-15-12/h2-7H,8-9,14H2,1H3. The first-order valence-electron chi connectivity index (χ1n) is 5.24. The van der Waals surface area contributed by atoms with E-state index in [0.29, 0.717) is 6.54 Å². The highest BCUT2D eigenvalue weighted by atomic mass is 32.2. The lowest BCUT2D eigenvalue weighted by molar-refractivity contribution is 0.530. The molecule has 0 spiro atoms. The number of nitrogens with two attached hydrogens (primary N) is 1. The lowest BCUT2D eigenvalue weighted by Crippen LogP contribution is -1.96.